The molecule has 0 aliphatic carbocycles. The first kappa shape index (κ1) is 18.2. The van der Waals surface area contributed by atoms with Gasteiger partial charge in [-0.2, -0.15) is 5.10 Å². The summed E-state index contributed by atoms with van der Waals surface area (Å²) in [6, 6.07) is -0.139. The molecule has 0 aromatic carbocycles. The van der Waals surface area contributed by atoms with Crippen LogP contribution >= 0.6 is 0 Å². The molecular formula is C18H26N6O2. The molecule has 0 spiro atoms. The SMILES string of the molecule is CN1C(=O)C[C@@H](CNC(=O)c2cnn(C(C)(C)C)c2)[C@@H]1c1nccn1C. The molecule has 1 fully saturated rings. The van der Waals surface area contributed by atoms with E-state index in [2.05, 4.69) is 15.4 Å². The smallest absolute Gasteiger partial charge is 0.254 e. The van der Waals surface area contributed by atoms with Crippen LogP contribution in [0.15, 0.2) is 24.8 Å². The zero-order chi connectivity index (χ0) is 19.1. The number of rotatable bonds is 4. The highest BCUT2D eigenvalue weighted by molar-refractivity contribution is 5.93. The Kier molecular flexibility index (Phi) is 4.60. The summed E-state index contributed by atoms with van der Waals surface area (Å²) in [5.41, 5.74) is 0.341. The summed E-state index contributed by atoms with van der Waals surface area (Å²) in [4.78, 5) is 30.8. The molecule has 0 unspecified atom stereocenters. The fourth-order valence-electron chi connectivity index (χ4n) is 3.31. The molecule has 0 radical (unpaired) electrons. The minimum Gasteiger partial charge on any atom is -0.352 e. The second-order valence-corrected chi connectivity index (χ2v) is 7.86. The average molecular weight is 358 g/mol. The molecule has 2 aromatic rings. The van der Waals surface area contributed by atoms with Crippen molar-refractivity contribution in [3.63, 3.8) is 0 Å². The molecule has 0 saturated carbocycles. The number of carbonyl (C=O) groups excluding carboxylic acids is 2. The Hall–Kier alpha value is -2.64. The minimum absolute atomic E-state index is 0.0183. The van der Waals surface area contributed by atoms with Gasteiger partial charge in [0.2, 0.25) is 5.91 Å². The maximum Gasteiger partial charge on any atom is 0.254 e. The number of aryl methyl sites for hydroxylation is 1. The normalized spacial score (nSPS) is 20.7. The predicted octanol–water partition coefficient (Wildman–Crippen LogP) is 1.32. The van der Waals surface area contributed by atoms with Crippen LogP contribution in [0.4, 0.5) is 0 Å². The van der Waals surface area contributed by atoms with Crippen molar-refractivity contribution in [2.75, 3.05) is 13.6 Å². The molecule has 2 atom stereocenters. The van der Waals surface area contributed by atoms with Gasteiger partial charge in [-0.15, -0.1) is 0 Å². The molecular weight excluding hydrogens is 332 g/mol. The molecule has 3 heterocycles. The Morgan fingerprint density at radius 1 is 1.35 bits per heavy atom. The van der Waals surface area contributed by atoms with Crippen LogP contribution in [0.5, 0.6) is 0 Å². The Morgan fingerprint density at radius 2 is 2.08 bits per heavy atom. The molecule has 2 amide bonds. The van der Waals surface area contributed by atoms with Gasteiger partial charge >= 0.3 is 0 Å². The monoisotopic (exact) mass is 358 g/mol. The van der Waals surface area contributed by atoms with E-state index in [9.17, 15) is 9.59 Å². The third kappa shape index (κ3) is 3.36. The summed E-state index contributed by atoms with van der Waals surface area (Å²) in [6.45, 7) is 6.49. The number of imidazole rings is 1. The molecule has 8 heteroatoms. The van der Waals surface area contributed by atoms with Gasteiger partial charge in [-0.25, -0.2) is 4.98 Å². The van der Waals surface area contributed by atoms with Crippen molar-refractivity contribution in [2.24, 2.45) is 13.0 Å². The summed E-state index contributed by atoms with van der Waals surface area (Å²) in [5.74, 6) is 0.701. The number of hydrogen-bond acceptors (Lipinski definition) is 4. The van der Waals surface area contributed by atoms with Gasteiger partial charge in [0, 0.05) is 51.6 Å². The molecule has 1 N–H and O–H groups in total. The topological polar surface area (TPSA) is 85.1 Å². The van der Waals surface area contributed by atoms with Crippen LogP contribution < -0.4 is 5.32 Å². The summed E-state index contributed by atoms with van der Waals surface area (Å²) >= 11 is 0. The molecule has 8 nitrogen and oxygen atoms in total. The van der Waals surface area contributed by atoms with Crippen LogP contribution in [-0.2, 0) is 17.4 Å². The predicted molar refractivity (Wildman–Crippen MR) is 96.4 cm³/mol. The highest BCUT2D eigenvalue weighted by Gasteiger charge is 2.40. The Labute approximate surface area is 153 Å². The van der Waals surface area contributed by atoms with Crippen LogP contribution in [-0.4, -0.2) is 49.6 Å². The van der Waals surface area contributed by atoms with Crippen molar-refractivity contribution in [1.29, 1.82) is 0 Å². The lowest BCUT2D eigenvalue weighted by atomic mass is 9.99. The lowest BCUT2D eigenvalue weighted by Crippen LogP contribution is -2.33. The summed E-state index contributed by atoms with van der Waals surface area (Å²) in [5, 5.41) is 7.21. The van der Waals surface area contributed by atoms with Crippen LogP contribution in [0, 0.1) is 5.92 Å². The van der Waals surface area contributed by atoms with Gasteiger partial charge < -0.3 is 14.8 Å². The molecule has 2 aromatic heterocycles. The van der Waals surface area contributed by atoms with Gasteiger partial charge in [0.25, 0.3) is 5.91 Å². The molecule has 1 aliphatic rings. The zero-order valence-electron chi connectivity index (χ0n) is 15.9. The highest BCUT2D eigenvalue weighted by atomic mass is 16.2. The van der Waals surface area contributed by atoms with E-state index in [1.807, 2.05) is 38.6 Å². The lowest BCUT2D eigenvalue weighted by molar-refractivity contribution is -0.127. The third-order valence-corrected chi connectivity index (χ3v) is 4.87. The van der Waals surface area contributed by atoms with Crippen molar-refractivity contribution in [2.45, 2.75) is 38.8 Å². The van der Waals surface area contributed by atoms with Crippen molar-refractivity contribution in [3.8, 4) is 0 Å². The van der Waals surface area contributed by atoms with E-state index in [4.69, 9.17) is 0 Å². The first-order valence-electron chi connectivity index (χ1n) is 8.74. The van der Waals surface area contributed by atoms with Gasteiger partial charge in [-0.05, 0) is 20.8 Å². The van der Waals surface area contributed by atoms with Gasteiger partial charge in [0.15, 0.2) is 0 Å². The van der Waals surface area contributed by atoms with Crippen molar-refractivity contribution in [3.05, 3.63) is 36.2 Å². The summed E-state index contributed by atoms with van der Waals surface area (Å²) < 4.78 is 3.69. The number of aromatic nitrogens is 4. The van der Waals surface area contributed by atoms with E-state index >= 15 is 0 Å². The Bertz CT molecular complexity index is 816. The van der Waals surface area contributed by atoms with Crippen LogP contribution in [0.2, 0.25) is 0 Å². The maximum atomic E-state index is 12.5. The standard InChI is InChI=1S/C18H26N6O2/c1-18(2,3)24-11-13(10-21-24)17(26)20-9-12-8-14(25)23(5)15(12)16-19-6-7-22(16)4/h6-7,10-12,15H,8-9H2,1-5H3,(H,20,26)/t12-,15+/m0/s1. The summed E-state index contributed by atoms with van der Waals surface area (Å²) in [6.07, 6.45) is 7.31. The van der Waals surface area contributed by atoms with E-state index < -0.39 is 0 Å². The van der Waals surface area contributed by atoms with Gasteiger partial charge in [-0.3, -0.25) is 14.3 Å². The van der Waals surface area contributed by atoms with E-state index in [-0.39, 0.29) is 29.3 Å². The van der Waals surface area contributed by atoms with Crippen LogP contribution in [0.25, 0.3) is 0 Å². The fraction of sp³-hybridized carbons (Fsp3) is 0.556. The van der Waals surface area contributed by atoms with E-state index in [0.29, 0.717) is 18.5 Å². The quantitative estimate of drug-likeness (QED) is 0.893. The number of nitrogens with zero attached hydrogens (tertiary/aromatic N) is 5. The molecule has 26 heavy (non-hydrogen) atoms. The number of nitrogens with one attached hydrogen (secondary N) is 1. The van der Waals surface area contributed by atoms with Crippen molar-refractivity contribution in [1.82, 2.24) is 29.5 Å². The minimum atomic E-state index is -0.180. The van der Waals surface area contributed by atoms with Crippen LogP contribution in [0.1, 0.15) is 49.4 Å². The Balaban J connectivity index is 1.70. The maximum absolute atomic E-state index is 12.5. The fourth-order valence-corrected chi connectivity index (χ4v) is 3.31. The zero-order valence-corrected chi connectivity index (χ0v) is 15.9. The van der Waals surface area contributed by atoms with Crippen molar-refractivity contribution >= 4 is 11.8 Å². The van der Waals surface area contributed by atoms with E-state index in [1.54, 1.807) is 35.2 Å². The number of hydrogen-bond donors (Lipinski definition) is 1. The second-order valence-electron chi connectivity index (χ2n) is 7.86. The number of carbonyl (C=O) groups is 2. The lowest BCUT2D eigenvalue weighted by Gasteiger charge is -2.24. The molecule has 140 valence electrons. The van der Waals surface area contributed by atoms with Gasteiger partial charge in [0.1, 0.15) is 5.82 Å². The molecule has 1 aliphatic heterocycles. The molecule has 0 bridgehead atoms. The largest absolute Gasteiger partial charge is 0.352 e. The van der Waals surface area contributed by atoms with E-state index in [0.717, 1.165) is 5.82 Å². The van der Waals surface area contributed by atoms with Gasteiger partial charge in [-0.1, -0.05) is 0 Å². The average Bonchev–Trinajstić information content (AvgIpc) is 3.26. The number of amides is 2. The molecule has 3 rings (SSSR count). The highest BCUT2D eigenvalue weighted by Crippen LogP contribution is 2.35. The third-order valence-electron chi connectivity index (χ3n) is 4.87. The van der Waals surface area contributed by atoms with Crippen LogP contribution in [0.3, 0.4) is 0 Å². The van der Waals surface area contributed by atoms with Gasteiger partial charge in [0.05, 0.1) is 23.3 Å². The van der Waals surface area contributed by atoms with E-state index in [1.165, 1.54) is 0 Å². The number of likely N-dealkylation sites (tertiary alicyclic amines) is 1. The molecule has 1 saturated heterocycles. The first-order valence-corrected chi connectivity index (χ1v) is 8.74. The Morgan fingerprint density at radius 3 is 2.65 bits per heavy atom. The second kappa shape index (κ2) is 6.59. The first-order chi connectivity index (χ1) is 12.2. The van der Waals surface area contributed by atoms with Crippen molar-refractivity contribution < 1.29 is 9.59 Å². The summed E-state index contributed by atoms with van der Waals surface area (Å²) in [7, 11) is 3.70.